The van der Waals surface area contributed by atoms with Gasteiger partial charge in [0.1, 0.15) is 17.4 Å². The summed E-state index contributed by atoms with van der Waals surface area (Å²) < 4.78 is 29.6. The summed E-state index contributed by atoms with van der Waals surface area (Å²) in [7, 11) is 3.43. The van der Waals surface area contributed by atoms with Crippen LogP contribution in [-0.4, -0.2) is 31.4 Å². The van der Waals surface area contributed by atoms with Crippen molar-refractivity contribution in [3.05, 3.63) is 45.1 Å². The Bertz CT molecular complexity index is 749. The monoisotopic (exact) mass is 382 g/mol. The van der Waals surface area contributed by atoms with Crippen molar-refractivity contribution in [2.75, 3.05) is 14.1 Å². The smallest absolute Gasteiger partial charge is 0.387 e. The quantitative estimate of drug-likeness (QED) is 0.577. The van der Waals surface area contributed by atoms with Crippen LogP contribution in [-0.2, 0) is 11.2 Å². The molecule has 0 bridgehead atoms. The lowest BCUT2D eigenvalue weighted by Gasteiger charge is -2.09. The summed E-state index contributed by atoms with van der Waals surface area (Å²) in [5.41, 5.74) is 1.91. The molecule has 0 amide bonds. The van der Waals surface area contributed by atoms with Crippen LogP contribution < -0.4 is 4.74 Å². The van der Waals surface area contributed by atoms with Crippen LogP contribution in [0.2, 0.25) is 0 Å². The van der Waals surface area contributed by atoms with Gasteiger partial charge in [-0.2, -0.15) is 14.0 Å². The fraction of sp³-hybridized carbons (Fsp3) is 0.250. The lowest BCUT2D eigenvalue weighted by Crippen LogP contribution is -2.10. The molecule has 1 aromatic rings. The van der Waals surface area contributed by atoms with E-state index in [2.05, 4.69) is 20.7 Å². The first kappa shape index (κ1) is 17.2. The van der Waals surface area contributed by atoms with Crippen LogP contribution in [0, 0.1) is 11.3 Å². The van der Waals surface area contributed by atoms with Gasteiger partial charge in [-0.25, -0.2) is 0 Å². The molecule has 7 heteroatoms. The second-order valence-electron chi connectivity index (χ2n) is 5.15. The van der Waals surface area contributed by atoms with Crippen LogP contribution >= 0.6 is 15.9 Å². The van der Waals surface area contributed by atoms with Crippen LogP contribution in [0.3, 0.4) is 0 Å². The number of ketones is 1. The number of hydrogen-bond acceptors (Lipinski definition) is 4. The molecule has 0 unspecified atom stereocenters. The van der Waals surface area contributed by atoms with Crippen molar-refractivity contribution in [1.82, 2.24) is 4.90 Å². The zero-order valence-corrected chi connectivity index (χ0v) is 14.0. The van der Waals surface area contributed by atoms with Gasteiger partial charge in [-0.3, -0.25) is 4.79 Å². The van der Waals surface area contributed by atoms with E-state index in [4.69, 9.17) is 5.26 Å². The Hall–Kier alpha value is -2.20. The third kappa shape index (κ3) is 3.96. The van der Waals surface area contributed by atoms with Crippen molar-refractivity contribution >= 4 is 27.8 Å². The fourth-order valence-corrected chi connectivity index (χ4v) is 2.73. The predicted octanol–water partition coefficient (Wildman–Crippen LogP) is 3.53. The summed E-state index contributed by atoms with van der Waals surface area (Å²) in [6.07, 6.45) is 3.39. The molecular formula is C16H13BrF2N2O2. The van der Waals surface area contributed by atoms with Gasteiger partial charge in [-0.05, 0) is 45.3 Å². The average molecular weight is 383 g/mol. The number of nitrogens with zero attached hydrogens (tertiary/aromatic N) is 2. The standard InChI is InChI=1S/C16H13BrF2N2O2/c1-21(2)8-12(7-20)15(22)11-3-9-5-13(17)14(23-16(18)19)6-10(9)4-11/h4-6,8,16H,3H2,1-2H3/b12-8+. The Balaban J connectivity index is 2.31. The SMILES string of the molecule is CN(C)/C=C(\C#N)C(=O)C1=Cc2cc(OC(F)F)c(Br)cc2C1. The highest BCUT2D eigenvalue weighted by Gasteiger charge is 2.23. The van der Waals surface area contributed by atoms with E-state index in [0.717, 1.165) is 5.56 Å². The summed E-state index contributed by atoms with van der Waals surface area (Å²) >= 11 is 3.17. The predicted molar refractivity (Wildman–Crippen MR) is 84.8 cm³/mol. The first-order chi connectivity index (χ1) is 10.8. The molecule has 0 fully saturated rings. The van der Waals surface area contributed by atoms with Crippen molar-refractivity contribution in [1.29, 1.82) is 5.26 Å². The lowest BCUT2D eigenvalue weighted by molar-refractivity contribution is -0.111. The third-order valence-corrected chi connectivity index (χ3v) is 3.78. The molecule has 0 N–H and O–H groups in total. The van der Waals surface area contributed by atoms with E-state index in [-0.39, 0.29) is 17.1 Å². The lowest BCUT2D eigenvalue weighted by atomic mass is 10.0. The fourth-order valence-electron chi connectivity index (χ4n) is 2.24. The van der Waals surface area contributed by atoms with Crippen LogP contribution in [0.1, 0.15) is 11.1 Å². The zero-order valence-electron chi connectivity index (χ0n) is 12.4. The molecule has 0 saturated heterocycles. The van der Waals surface area contributed by atoms with Crippen molar-refractivity contribution in [2.45, 2.75) is 13.0 Å². The van der Waals surface area contributed by atoms with Crippen molar-refractivity contribution in [2.24, 2.45) is 0 Å². The summed E-state index contributed by atoms with van der Waals surface area (Å²) in [5, 5.41) is 9.11. The maximum atomic E-state index is 12.4. The maximum absolute atomic E-state index is 12.4. The van der Waals surface area contributed by atoms with Gasteiger partial charge in [0.15, 0.2) is 0 Å². The molecule has 0 heterocycles. The molecule has 0 spiro atoms. The van der Waals surface area contributed by atoms with E-state index in [0.29, 0.717) is 22.0 Å². The van der Waals surface area contributed by atoms with Gasteiger partial charge in [-0.1, -0.05) is 0 Å². The Morgan fingerprint density at radius 1 is 1.48 bits per heavy atom. The minimum absolute atomic E-state index is 0.00744. The number of nitriles is 1. The molecule has 0 radical (unpaired) electrons. The van der Waals surface area contributed by atoms with E-state index in [1.807, 2.05) is 6.07 Å². The molecule has 2 rings (SSSR count). The normalized spacial score (nSPS) is 13.4. The maximum Gasteiger partial charge on any atom is 0.387 e. The topological polar surface area (TPSA) is 53.3 Å². The van der Waals surface area contributed by atoms with E-state index >= 15 is 0 Å². The molecule has 1 aromatic carbocycles. The average Bonchev–Trinajstić information content (AvgIpc) is 2.86. The first-order valence-electron chi connectivity index (χ1n) is 6.62. The number of Topliss-reactive ketones (excluding diaryl/α,β-unsaturated/α-hetero) is 1. The van der Waals surface area contributed by atoms with Crippen LogP contribution in [0.5, 0.6) is 5.75 Å². The molecule has 120 valence electrons. The summed E-state index contributed by atoms with van der Waals surface area (Å²) in [4.78, 5) is 14.0. The minimum atomic E-state index is -2.93. The summed E-state index contributed by atoms with van der Waals surface area (Å²) in [5.74, 6) is -0.363. The van der Waals surface area contributed by atoms with Gasteiger partial charge in [0.25, 0.3) is 0 Å². The number of ether oxygens (including phenoxy) is 1. The molecule has 23 heavy (non-hydrogen) atoms. The largest absolute Gasteiger partial charge is 0.434 e. The van der Waals surface area contributed by atoms with Gasteiger partial charge >= 0.3 is 6.61 Å². The Morgan fingerprint density at radius 3 is 2.74 bits per heavy atom. The van der Waals surface area contributed by atoms with Gasteiger partial charge < -0.3 is 9.64 Å². The second kappa shape index (κ2) is 6.92. The van der Waals surface area contributed by atoms with Crippen LogP contribution in [0.4, 0.5) is 8.78 Å². The molecule has 1 aliphatic carbocycles. The zero-order chi connectivity index (χ0) is 17.1. The number of carbonyl (C=O) groups is 1. The van der Waals surface area contributed by atoms with E-state index in [1.54, 1.807) is 31.1 Å². The third-order valence-electron chi connectivity index (χ3n) is 3.16. The number of benzene rings is 1. The molecule has 0 saturated carbocycles. The molecule has 0 atom stereocenters. The first-order valence-corrected chi connectivity index (χ1v) is 7.42. The molecule has 1 aliphatic rings. The number of allylic oxidation sites excluding steroid dienone is 2. The van der Waals surface area contributed by atoms with E-state index < -0.39 is 6.61 Å². The number of fused-ring (bicyclic) bond motifs is 1. The summed E-state index contributed by atoms with van der Waals surface area (Å²) in [6.45, 7) is -2.93. The molecule has 0 aromatic heterocycles. The Labute approximate surface area is 140 Å². The number of alkyl halides is 2. The number of hydrogen-bond donors (Lipinski definition) is 0. The highest BCUT2D eigenvalue weighted by atomic mass is 79.9. The Morgan fingerprint density at radius 2 is 2.17 bits per heavy atom. The van der Waals surface area contributed by atoms with Crippen molar-refractivity contribution in [3.8, 4) is 11.8 Å². The van der Waals surface area contributed by atoms with Gasteiger partial charge in [-0.15, -0.1) is 0 Å². The number of halogens is 3. The van der Waals surface area contributed by atoms with Crippen molar-refractivity contribution < 1.29 is 18.3 Å². The van der Waals surface area contributed by atoms with Crippen molar-refractivity contribution in [3.63, 3.8) is 0 Å². The highest BCUT2D eigenvalue weighted by Crippen LogP contribution is 2.36. The number of rotatable bonds is 5. The van der Waals surface area contributed by atoms with Gasteiger partial charge in [0, 0.05) is 32.3 Å². The molecule has 0 aliphatic heterocycles. The van der Waals surface area contributed by atoms with Crippen LogP contribution in [0.15, 0.2) is 34.0 Å². The molecular weight excluding hydrogens is 370 g/mol. The Kier molecular flexibility index (Phi) is 5.16. The van der Waals surface area contributed by atoms with Crippen LogP contribution in [0.25, 0.3) is 6.08 Å². The highest BCUT2D eigenvalue weighted by molar-refractivity contribution is 9.10. The second-order valence-corrected chi connectivity index (χ2v) is 6.01. The van der Waals surface area contributed by atoms with E-state index in [9.17, 15) is 13.6 Å². The summed E-state index contributed by atoms with van der Waals surface area (Å²) in [6, 6.07) is 4.98. The minimum Gasteiger partial charge on any atom is -0.434 e. The molecule has 4 nitrogen and oxygen atoms in total. The van der Waals surface area contributed by atoms with Gasteiger partial charge in [0.2, 0.25) is 5.78 Å². The van der Waals surface area contributed by atoms with Gasteiger partial charge in [0.05, 0.1) is 4.47 Å². The van der Waals surface area contributed by atoms with E-state index in [1.165, 1.54) is 12.3 Å². The number of carbonyl (C=O) groups excluding carboxylic acids is 1.